The number of methoxy groups -OCH3 is 1. The number of carbonyl (C=O) groups excluding carboxylic acids is 1. The third kappa shape index (κ3) is 3.41. The molecule has 0 saturated heterocycles. The Hall–Kier alpha value is -2.22. The molecule has 5 nitrogen and oxygen atoms in total. The Bertz CT molecular complexity index is 504. The maximum Gasteiger partial charge on any atom is 0.322 e. The molecule has 0 bridgehead atoms. The van der Waals surface area contributed by atoms with Crippen LogP contribution in [0.1, 0.15) is 25.7 Å². The summed E-state index contributed by atoms with van der Waals surface area (Å²) < 4.78 is 5.13. The summed E-state index contributed by atoms with van der Waals surface area (Å²) in [7, 11) is 1.58. The molecule has 1 aliphatic carbocycles. The zero-order valence-corrected chi connectivity index (χ0v) is 11.6. The number of ether oxygens (including phenoxy) is 1. The molecule has 2 amide bonds. The maximum absolute atomic E-state index is 12.3. The van der Waals surface area contributed by atoms with Crippen LogP contribution in [-0.4, -0.2) is 30.6 Å². The lowest BCUT2D eigenvalue weighted by molar-refractivity contribution is 0.197. The molecule has 0 radical (unpaired) electrons. The molecule has 1 N–H and O–H groups in total. The van der Waals surface area contributed by atoms with Crippen molar-refractivity contribution in [3.05, 3.63) is 24.3 Å². The van der Waals surface area contributed by atoms with Crippen molar-refractivity contribution in [1.29, 1.82) is 5.26 Å². The van der Waals surface area contributed by atoms with Crippen molar-refractivity contribution < 1.29 is 9.53 Å². The van der Waals surface area contributed by atoms with Crippen LogP contribution in [0, 0.1) is 11.3 Å². The fourth-order valence-electron chi connectivity index (χ4n) is 2.55. The van der Waals surface area contributed by atoms with Gasteiger partial charge in [0, 0.05) is 17.8 Å². The molecule has 0 aromatic heterocycles. The normalized spacial score (nSPS) is 14.6. The zero-order valence-electron chi connectivity index (χ0n) is 11.6. The van der Waals surface area contributed by atoms with Crippen molar-refractivity contribution in [2.24, 2.45) is 0 Å². The number of hydrogen-bond acceptors (Lipinski definition) is 3. The number of carbonyl (C=O) groups is 1. The van der Waals surface area contributed by atoms with E-state index in [4.69, 9.17) is 10.00 Å². The Kier molecular flexibility index (Phi) is 4.83. The monoisotopic (exact) mass is 273 g/mol. The number of nitriles is 1. The second kappa shape index (κ2) is 6.80. The summed E-state index contributed by atoms with van der Waals surface area (Å²) in [5.41, 5.74) is 0.676. The molecule has 0 aliphatic heterocycles. The van der Waals surface area contributed by atoms with Gasteiger partial charge in [-0.25, -0.2) is 4.79 Å². The zero-order chi connectivity index (χ0) is 14.4. The van der Waals surface area contributed by atoms with E-state index in [9.17, 15) is 4.79 Å². The molecule has 1 aromatic carbocycles. The Morgan fingerprint density at radius 2 is 2.25 bits per heavy atom. The van der Waals surface area contributed by atoms with Crippen LogP contribution in [0.15, 0.2) is 24.3 Å². The molecular weight excluding hydrogens is 254 g/mol. The van der Waals surface area contributed by atoms with E-state index >= 15 is 0 Å². The van der Waals surface area contributed by atoms with Gasteiger partial charge in [-0.1, -0.05) is 18.9 Å². The summed E-state index contributed by atoms with van der Waals surface area (Å²) in [6.07, 6.45) is 4.21. The first-order chi connectivity index (χ1) is 9.74. The van der Waals surface area contributed by atoms with Crippen LogP contribution in [0.25, 0.3) is 0 Å². The average molecular weight is 273 g/mol. The first-order valence-electron chi connectivity index (χ1n) is 6.83. The van der Waals surface area contributed by atoms with E-state index in [1.54, 1.807) is 24.1 Å². The summed E-state index contributed by atoms with van der Waals surface area (Å²) >= 11 is 0. The minimum atomic E-state index is -0.216. The standard InChI is InChI=1S/C15H19N3O2/c1-20-14-8-4-5-12(11-14)17-15(19)18(10-9-16)13-6-2-3-7-13/h4-5,8,11,13H,2-3,6-7,10H2,1H3,(H,17,19). The van der Waals surface area contributed by atoms with E-state index in [1.165, 1.54) is 0 Å². The average Bonchev–Trinajstić information content (AvgIpc) is 2.98. The molecule has 0 atom stereocenters. The highest BCUT2D eigenvalue weighted by molar-refractivity contribution is 5.89. The number of nitrogens with zero attached hydrogens (tertiary/aromatic N) is 2. The summed E-state index contributed by atoms with van der Waals surface area (Å²) in [5, 5.41) is 11.7. The fourth-order valence-corrected chi connectivity index (χ4v) is 2.55. The lowest BCUT2D eigenvalue weighted by Crippen LogP contribution is -2.41. The van der Waals surface area contributed by atoms with E-state index in [1.807, 2.05) is 12.1 Å². The van der Waals surface area contributed by atoms with Crippen LogP contribution < -0.4 is 10.1 Å². The minimum absolute atomic E-state index is 0.125. The first kappa shape index (κ1) is 14.2. The molecular formula is C15H19N3O2. The summed E-state index contributed by atoms with van der Waals surface area (Å²) in [5.74, 6) is 0.690. The number of benzene rings is 1. The lowest BCUT2D eigenvalue weighted by Gasteiger charge is -2.26. The van der Waals surface area contributed by atoms with Gasteiger partial charge in [0.25, 0.3) is 0 Å². The molecule has 5 heteroatoms. The molecule has 2 rings (SSSR count). The van der Waals surface area contributed by atoms with Gasteiger partial charge in [-0.05, 0) is 25.0 Å². The number of amides is 2. The van der Waals surface area contributed by atoms with Crippen molar-refractivity contribution in [2.75, 3.05) is 19.0 Å². The maximum atomic E-state index is 12.3. The molecule has 20 heavy (non-hydrogen) atoms. The van der Waals surface area contributed by atoms with Crippen molar-refractivity contribution >= 4 is 11.7 Å². The van der Waals surface area contributed by atoms with Gasteiger partial charge < -0.3 is 15.0 Å². The predicted molar refractivity (Wildman–Crippen MR) is 76.6 cm³/mol. The first-order valence-corrected chi connectivity index (χ1v) is 6.83. The van der Waals surface area contributed by atoms with E-state index in [0.29, 0.717) is 11.4 Å². The largest absolute Gasteiger partial charge is 0.497 e. The van der Waals surface area contributed by atoms with E-state index in [2.05, 4.69) is 11.4 Å². The molecule has 1 aliphatic rings. The van der Waals surface area contributed by atoms with Crippen LogP contribution in [0.2, 0.25) is 0 Å². The number of anilines is 1. The highest BCUT2D eigenvalue weighted by atomic mass is 16.5. The van der Waals surface area contributed by atoms with Crippen LogP contribution in [0.4, 0.5) is 10.5 Å². The van der Waals surface area contributed by atoms with Gasteiger partial charge >= 0.3 is 6.03 Å². The van der Waals surface area contributed by atoms with Gasteiger partial charge in [0.2, 0.25) is 0 Å². The lowest BCUT2D eigenvalue weighted by atomic mass is 10.2. The van der Waals surface area contributed by atoms with Gasteiger partial charge in [0.15, 0.2) is 0 Å². The fraction of sp³-hybridized carbons (Fsp3) is 0.467. The second-order valence-electron chi connectivity index (χ2n) is 4.89. The van der Waals surface area contributed by atoms with Gasteiger partial charge in [0.1, 0.15) is 12.3 Å². The highest BCUT2D eigenvalue weighted by Crippen LogP contribution is 2.24. The van der Waals surface area contributed by atoms with E-state index < -0.39 is 0 Å². The molecule has 0 spiro atoms. The smallest absolute Gasteiger partial charge is 0.322 e. The third-order valence-corrected chi connectivity index (χ3v) is 3.59. The van der Waals surface area contributed by atoms with Gasteiger partial charge in [-0.2, -0.15) is 5.26 Å². The van der Waals surface area contributed by atoms with Gasteiger partial charge in [0.05, 0.1) is 13.2 Å². The van der Waals surface area contributed by atoms with Gasteiger partial charge in [-0.3, -0.25) is 0 Å². The number of hydrogen-bond donors (Lipinski definition) is 1. The topological polar surface area (TPSA) is 65.4 Å². The third-order valence-electron chi connectivity index (χ3n) is 3.59. The number of urea groups is 1. The molecule has 1 aromatic rings. The predicted octanol–water partition coefficient (Wildman–Crippen LogP) is 3.00. The van der Waals surface area contributed by atoms with Crippen LogP contribution in [-0.2, 0) is 0 Å². The Morgan fingerprint density at radius 1 is 1.50 bits per heavy atom. The molecule has 0 unspecified atom stereocenters. The SMILES string of the molecule is COc1cccc(NC(=O)N(CC#N)C2CCCC2)c1. The number of nitrogens with one attached hydrogen (secondary N) is 1. The summed E-state index contributed by atoms with van der Waals surface area (Å²) in [4.78, 5) is 13.9. The Labute approximate surface area is 119 Å². The van der Waals surface area contributed by atoms with E-state index in [-0.39, 0.29) is 18.6 Å². The highest BCUT2D eigenvalue weighted by Gasteiger charge is 2.26. The molecule has 1 fully saturated rings. The van der Waals surface area contributed by atoms with Crippen molar-refractivity contribution in [1.82, 2.24) is 4.90 Å². The van der Waals surface area contributed by atoms with Crippen molar-refractivity contribution in [3.63, 3.8) is 0 Å². The van der Waals surface area contributed by atoms with Crippen molar-refractivity contribution in [2.45, 2.75) is 31.7 Å². The molecule has 1 saturated carbocycles. The van der Waals surface area contributed by atoms with E-state index in [0.717, 1.165) is 25.7 Å². The second-order valence-corrected chi connectivity index (χ2v) is 4.89. The number of rotatable bonds is 4. The molecule has 106 valence electrons. The van der Waals surface area contributed by atoms with Crippen LogP contribution in [0.3, 0.4) is 0 Å². The molecule has 0 heterocycles. The Morgan fingerprint density at radius 3 is 2.90 bits per heavy atom. The van der Waals surface area contributed by atoms with Crippen LogP contribution in [0.5, 0.6) is 5.75 Å². The van der Waals surface area contributed by atoms with Crippen LogP contribution >= 0.6 is 0 Å². The van der Waals surface area contributed by atoms with Crippen molar-refractivity contribution in [3.8, 4) is 11.8 Å². The summed E-state index contributed by atoms with van der Waals surface area (Å²) in [6.45, 7) is 0.125. The van der Waals surface area contributed by atoms with Gasteiger partial charge in [-0.15, -0.1) is 0 Å². The quantitative estimate of drug-likeness (QED) is 0.858. The summed E-state index contributed by atoms with van der Waals surface area (Å²) in [6, 6.07) is 9.24. The Balaban J connectivity index is 2.05. The minimum Gasteiger partial charge on any atom is -0.497 e.